The molecular weight excluding hydrogens is 494 g/mol. The van der Waals surface area contributed by atoms with Gasteiger partial charge in [0.2, 0.25) is 22.0 Å². The Hall–Kier alpha value is -4.51. The predicted molar refractivity (Wildman–Crippen MR) is 143 cm³/mol. The number of nitrogen functional groups attached to an aromatic ring is 3. The van der Waals surface area contributed by atoms with Gasteiger partial charge in [-0.25, -0.2) is 4.98 Å². The van der Waals surface area contributed by atoms with E-state index in [0.29, 0.717) is 45.6 Å². The second-order valence-corrected chi connectivity index (χ2v) is 9.25. The fraction of sp³-hybridized carbons (Fsp3) is 0.192. The average molecular weight is 522 g/mol. The van der Waals surface area contributed by atoms with Crippen LogP contribution in [-0.4, -0.2) is 37.5 Å². The number of rotatable bonds is 8. The van der Waals surface area contributed by atoms with Crippen LogP contribution in [0.25, 0.3) is 0 Å². The first-order valence-corrected chi connectivity index (χ1v) is 12.3. The Morgan fingerprint density at radius 3 is 2.22 bits per heavy atom. The summed E-state index contributed by atoms with van der Waals surface area (Å²) in [7, 11) is 0.788. The molecular formula is C26H27N5O5S. The molecule has 37 heavy (non-hydrogen) atoms. The molecule has 3 aromatic rings. The summed E-state index contributed by atoms with van der Waals surface area (Å²) in [5, 5.41) is 0. The molecule has 0 radical (unpaired) electrons. The van der Waals surface area contributed by atoms with Crippen LogP contribution in [0.4, 0.5) is 17.5 Å². The van der Waals surface area contributed by atoms with Crippen molar-refractivity contribution in [3.8, 4) is 17.2 Å². The standard InChI is InChI=1S/C26H27N5O5S/c1-34-21-12-15(11-18-14-30-26(29)31-25(18)28)13-22(35-2)24(21)36-23(16-3-7-19(27)8-4-16)17-5-9-20(10-6-17)37(32)33/h3-9,12-14,23H,10-11,27H2,1-2H3,(H4,28,29,30,31). The average Bonchev–Trinajstić information content (AvgIpc) is 2.89. The van der Waals surface area contributed by atoms with Crippen molar-refractivity contribution in [2.75, 3.05) is 31.4 Å². The monoisotopic (exact) mass is 521 g/mol. The molecule has 6 N–H and O–H groups in total. The molecule has 4 rings (SSSR count). The Morgan fingerprint density at radius 2 is 1.68 bits per heavy atom. The van der Waals surface area contributed by atoms with E-state index in [1.807, 2.05) is 30.3 Å². The molecule has 0 saturated heterocycles. The minimum absolute atomic E-state index is 0.103. The van der Waals surface area contributed by atoms with Gasteiger partial charge in [0, 0.05) is 30.3 Å². The molecule has 0 fully saturated rings. The maximum atomic E-state index is 11.4. The number of benzene rings is 2. The van der Waals surface area contributed by atoms with Crippen LogP contribution in [0.1, 0.15) is 29.2 Å². The second kappa shape index (κ2) is 11.0. The topological polar surface area (TPSA) is 166 Å². The molecule has 1 aliphatic carbocycles. The van der Waals surface area contributed by atoms with Crippen molar-refractivity contribution in [1.82, 2.24) is 9.97 Å². The smallest absolute Gasteiger partial charge is 0.221 e. The molecule has 1 atom stereocenters. The van der Waals surface area contributed by atoms with Gasteiger partial charge < -0.3 is 31.4 Å². The third kappa shape index (κ3) is 5.84. The molecule has 11 heteroatoms. The van der Waals surface area contributed by atoms with E-state index in [-0.39, 0.29) is 12.4 Å². The van der Waals surface area contributed by atoms with Gasteiger partial charge in [0.15, 0.2) is 11.5 Å². The molecule has 192 valence electrons. The number of ether oxygens (including phenoxy) is 3. The van der Waals surface area contributed by atoms with Crippen LogP contribution in [0.5, 0.6) is 17.2 Å². The van der Waals surface area contributed by atoms with Crippen LogP contribution in [0.2, 0.25) is 0 Å². The summed E-state index contributed by atoms with van der Waals surface area (Å²) >= 11 is 0. The second-order valence-electron chi connectivity index (χ2n) is 8.25. The van der Waals surface area contributed by atoms with Gasteiger partial charge in [-0.15, -0.1) is 0 Å². The molecule has 10 nitrogen and oxygen atoms in total. The number of hydrogen-bond donors (Lipinski definition) is 3. The van der Waals surface area contributed by atoms with Crippen LogP contribution >= 0.6 is 0 Å². The highest BCUT2D eigenvalue weighted by atomic mass is 32.2. The van der Waals surface area contributed by atoms with Gasteiger partial charge in [0.25, 0.3) is 0 Å². The Bertz CT molecular complexity index is 1480. The van der Waals surface area contributed by atoms with Crippen LogP contribution < -0.4 is 31.4 Å². The minimum atomic E-state index is -2.29. The third-order valence-corrected chi connectivity index (χ3v) is 6.55. The summed E-state index contributed by atoms with van der Waals surface area (Å²) in [4.78, 5) is 8.33. The molecule has 1 aliphatic rings. The number of allylic oxidation sites excluding steroid dienone is 2. The van der Waals surface area contributed by atoms with E-state index in [4.69, 9.17) is 31.4 Å². The Morgan fingerprint density at radius 1 is 1.00 bits per heavy atom. The van der Waals surface area contributed by atoms with Gasteiger partial charge in [0.05, 0.1) is 19.1 Å². The zero-order valence-electron chi connectivity index (χ0n) is 20.3. The molecule has 1 heterocycles. The van der Waals surface area contributed by atoms with Crippen molar-refractivity contribution in [2.24, 2.45) is 0 Å². The van der Waals surface area contributed by atoms with E-state index < -0.39 is 16.4 Å². The fourth-order valence-corrected chi connectivity index (χ4v) is 4.32. The van der Waals surface area contributed by atoms with E-state index in [1.165, 1.54) is 14.2 Å². The predicted octanol–water partition coefficient (Wildman–Crippen LogP) is 2.89. The number of nitrogens with two attached hydrogens (primary N) is 3. The summed E-state index contributed by atoms with van der Waals surface area (Å²) in [6.07, 6.45) is 6.79. The third-order valence-electron chi connectivity index (χ3n) is 5.82. The van der Waals surface area contributed by atoms with Crippen LogP contribution in [0.15, 0.2) is 66.4 Å². The highest BCUT2D eigenvalue weighted by Crippen LogP contribution is 2.43. The zero-order chi connectivity index (χ0) is 26.5. The fourth-order valence-electron chi connectivity index (χ4n) is 3.92. The largest absolute Gasteiger partial charge is 0.493 e. The number of nitrogens with zero attached hydrogens (tertiary/aromatic N) is 2. The summed E-state index contributed by atoms with van der Waals surface area (Å²) in [5.41, 5.74) is 21.3. The lowest BCUT2D eigenvalue weighted by Gasteiger charge is -2.25. The lowest BCUT2D eigenvalue weighted by molar-refractivity contribution is 0.221. The maximum absolute atomic E-state index is 11.4. The van der Waals surface area contributed by atoms with Crippen molar-refractivity contribution < 1.29 is 22.6 Å². The first-order valence-electron chi connectivity index (χ1n) is 11.3. The zero-order valence-corrected chi connectivity index (χ0v) is 21.2. The van der Waals surface area contributed by atoms with E-state index in [1.54, 1.807) is 30.5 Å². The number of methoxy groups -OCH3 is 2. The molecule has 0 aliphatic heterocycles. The van der Waals surface area contributed by atoms with E-state index in [2.05, 4.69) is 9.97 Å². The SMILES string of the molecule is COc1cc(Cc2cnc(N)nc2N)cc(OC)c1OC(C1=CCC(=S(=O)=O)C=C1)c1ccc(N)cc1. The summed E-state index contributed by atoms with van der Waals surface area (Å²) < 4.78 is 40.6. The van der Waals surface area contributed by atoms with Crippen molar-refractivity contribution in [2.45, 2.75) is 18.9 Å². The maximum Gasteiger partial charge on any atom is 0.221 e. The van der Waals surface area contributed by atoms with Gasteiger partial charge in [-0.1, -0.05) is 24.3 Å². The van der Waals surface area contributed by atoms with Gasteiger partial charge in [-0.2, -0.15) is 13.4 Å². The van der Waals surface area contributed by atoms with Crippen LogP contribution in [-0.2, 0) is 16.7 Å². The number of hydrogen-bond acceptors (Lipinski definition) is 10. The number of aromatic nitrogens is 2. The van der Waals surface area contributed by atoms with Crippen LogP contribution in [0, 0.1) is 0 Å². The van der Waals surface area contributed by atoms with Gasteiger partial charge in [0.1, 0.15) is 11.9 Å². The van der Waals surface area contributed by atoms with Crippen molar-refractivity contribution in [1.29, 1.82) is 0 Å². The van der Waals surface area contributed by atoms with Gasteiger partial charge in [-0.3, -0.25) is 0 Å². The van der Waals surface area contributed by atoms with Crippen molar-refractivity contribution >= 4 is 32.6 Å². The van der Waals surface area contributed by atoms with E-state index in [0.717, 1.165) is 16.7 Å². The lowest BCUT2D eigenvalue weighted by Crippen LogP contribution is -2.14. The Balaban J connectivity index is 1.74. The Labute approximate surface area is 215 Å². The summed E-state index contributed by atoms with van der Waals surface area (Å²) in [6.45, 7) is 0. The van der Waals surface area contributed by atoms with Crippen molar-refractivity contribution in [3.63, 3.8) is 0 Å². The molecule has 0 saturated carbocycles. The first-order chi connectivity index (χ1) is 17.8. The highest BCUT2D eigenvalue weighted by molar-refractivity contribution is 7.73. The van der Waals surface area contributed by atoms with Crippen LogP contribution in [0.3, 0.4) is 0 Å². The minimum Gasteiger partial charge on any atom is -0.493 e. The first kappa shape index (κ1) is 25.6. The molecule has 0 bridgehead atoms. The quantitative estimate of drug-likeness (QED) is 0.296. The van der Waals surface area contributed by atoms with Crippen molar-refractivity contribution in [3.05, 3.63) is 83.1 Å². The lowest BCUT2D eigenvalue weighted by atomic mass is 9.96. The van der Waals surface area contributed by atoms with Gasteiger partial charge >= 0.3 is 0 Å². The molecule has 1 aromatic heterocycles. The number of anilines is 3. The molecule has 0 spiro atoms. The summed E-state index contributed by atoms with van der Waals surface area (Å²) in [6, 6.07) is 10.9. The molecule has 2 aromatic carbocycles. The summed E-state index contributed by atoms with van der Waals surface area (Å²) in [5.74, 6) is 1.66. The van der Waals surface area contributed by atoms with E-state index in [9.17, 15) is 8.42 Å². The van der Waals surface area contributed by atoms with Gasteiger partial charge in [-0.05, 0) is 47.0 Å². The molecule has 0 amide bonds. The van der Waals surface area contributed by atoms with E-state index >= 15 is 0 Å². The Kier molecular flexibility index (Phi) is 7.63. The molecule has 1 unspecified atom stereocenters. The normalized spacial score (nSPS) is 13.6. The highest BCUT2D eigenvalue weighted by Gasteiger charge is 2.24.